The summed E-state index contributed by atoms with van der Waals surface area (Å²) in [6.45, 7) is 3.89. The van der Waals surface area contributed by atoms with Gasteiger partial charge in [0.05, 0.1) is 17.1 Å². The molecule has 0 saturated heterocycles. The normalized spacial score (nSPS) is 10.6. The third-order valence-corrected chi connectivity index (χ3v) is 2.89. The first-order chi connectivity index (χ1) is 7.13. The van der Waals surface area contributed by atoms with Crippen molar-refractivity contribution >= 4 is 22.9 Å². The van der Waals surface area contributed by atoms with Crippen molar-refractivity contribution < 1.29 is 0 Å². The zero-order chi connectivity index (χ0) is 10.8. The molecule has 0 bridgehead atoms. The number of nitrogens with zero attached hydrogens (tertiary/aromatic N) is 3. The Morgan fingerprint density at radius 2 is 2.07 bits per heavy atom. The van der Waals surface area contributed by atoms with Gasteiger partial charge in [-0.2, -0.15) is 0 Å². The van der Waals surface area contributed by atoms with Crippen LogP contribution in [-0.2, 0) is 6.42 Å². The van der Waals surface area contributed by atoms with Gasteiger partial charge in [0.15, 0.2) is 0 Å². The second kappa shape index (κ2) is 4.24. The van der Waals surface area contributed by atoms with Crippen molar-refractivity contribution in [1.29, 1.82) is 0 Å². The van der Waals surface area contributed by atoms with Gasteiger partial charge in [-0.05, 0) is 19.9 Å². The minimum absolute atomic E-state index is 0.490. The largest absolute Gasteiger partial charge is 0.246 e. The van der Waals surface area contributed by atoms with Gasteiger partial charge in [-0.25, -0.2) is 15.0 Å². The summed E-state index contributed by atoms with van der Waals surface area (Å²) in [7, 11) is 0. The Kier molecular flexibility index (Phi) is 2.98. The third kappa shape index (κ3) is 2.73. The van der Waals surface area contributed by atoms with E-state index in [1.54, 1.807) is 17.4 Å². The van der Waals surface area contributed by atoms with E-state index in [1.807, 2.05) is 19.2 Å². The Hall–Kier alpha value is -1.00. The molecule has 0 saturated carbocycles. The molecule has 0 atom stereocenters. The smallest absolute Gasteiger partial charge is 0.136 e. The fraction of sp³-hybridized carbons (Fsp3) is 0.300. The molecule has 0 unspecified atom stereocenters. The fourth-order valence-corrected chi connectivity index (χ4v) is 2.19. The SMILES string of the molecule is Cc1cc(Cl)nc(Cc2csc(C)n2)n1. The molecule has 0 N–H and O–H groups in total. The lowest BCUT2D eigenvalue weighted by Gasteiger charge is -1.99. The lowest BCUT2D eigenvalue weighted by atomic mass is 10.3. The van der Waals surface area contributed by atoms with E-state index < -0.39 is 0 Å². The maximum atomic E-state index is 5.85. The lowest BCUT2D eigenvalue weighted by molar-refractivity contribution is 0.920. The summed E-state index contributed by atoms with van der Waals surface area (Å²) >= 11 is 7.49. The summed E-state index contributed by atoms with van der Waals surface area (Å²) in [6, 6.07) is 1.75. The fourth-order valence-electron chi connectivity index (χ4n) is 1.32. The Morgan fingerprint density at radius 3 is 2.67 bits per heavy atom. The number of aromatic nitrogens is 3. The average molecular weight is 240 g/mol. The van der Waals surface area contributed by atoms with E-state index in [0.29, 0.717) is 11.6 Å². The van der Waals surface area contributed by atoms with Crippen molar-refractivity contribution in [2.75, 3.05) is 0 Å². The molecule has 0 aromatic carbocycles. The molecule has 0 aliphatic rings. The van der Waals surface area contributed by atoms with Gasteiger partial charge in [-0.3, -0.25) is 0 Å². The quantitative estimate of drug-likeness (QED) is 0.757. The van der Waals surface area contributed by atoms with Crippen molar-refractivity contribution in [3.63, 3.8) is 0 Å². The molecule has 0 spiro atoms. The van der Waals surface area contributed by atoms with Crippen LogP contribution in [0.3, 0.4) is 0 Å². The van der Waals surface area contributed by atoms with E-state index in [-0.39, 0.29) is 0 Å². The molecule has 2 aromatic rings. The summed E-state index contributed by atoms with van der Waals surface area (Å²) in [5.41, 5.74) is 1.89. The Bertz CT molecular complexity index is 461. The molecule has 0 amide bonds. The number of rotatable bonds is 2. The number of aryl methyl sites for hydroxylation is 2. The van der Waals surface area contributed by atoms with Crippen LogP contribution in [0.2, 0.25) is 5.15 Å². The maximum absolute atomic E-state index is 5.85. The second-order valence-corrected chi connectivity index (χ2v) is 4.73. The molecule has 0 aliphatic carbocycles. The molecular formula is C10H10ClN3S. The standard InChI is InChI=1S/C10H10ClN3S/c1-6-3-9(11)14-10(12-6)4-8-5-15-7(2)13-8/h3,5H,4H2,1-2H3. The topological polar surface area (TPSA) is 38.7 Å². The highest BCUT2D eigenvalue weighted by Crippen LogP contribution is 2.13. The van der Waals surface area contributed by atoms with Crippen LogP contribution in [0.25, 0.3) is 0 Å². The van der Waals surface area contributed by atoms with Crippen molar-refractivity contribution in [2.24, 2.45) is 0 Å². The number of hydrogen-bond donors (Lipinski definition) is 0. The van der Waals surface area contributed by atoms with E-state index in [0.717, 1.165) is 22.2 Å². The van der Waals surface area contributed by atoms with Crippen LogP contribution >= 0.6 is 22.9 Å². The summed E-state index contributed by atoms with van der Waals surface area (Å²) in [5, 5.41) is 3.57. The molecule has 2 aromatic heterocycles. The minimum atomic E-state index is 0.490. The number of hydrogen-bond acceptors (Lipinski definition) is 4. The first kappa shape index (κ1) is 10.5. The van der Waals surface area contributed by atoms with Crippen LogP contribution < -0.4 is 0 Å². The molecular weight excluding hydrogens is 230 g/mol. The second-order valence-electron chi connectivity index (χ2n) is 3.28. The summed E-state index contributed by atoms with van der Waals surface area (Å²) < 4.78 is 0. The van der Waals surface area contributed by atoms with Gasteiger partial charge in [-0.15, -0.1) is 11.3 Å². The van der Waals surface area contributed by atoms with E-state index in [2.05, 4.69) is 15.0 Å². The Balaban J connectivity index is 2.24. The Labute approximate surface area is 97.2 Å². The highest BCUT2D eigenvalue weighted by atomic mass is 35.5. The molecule has 15 heavy (non-hydrogen) atoms. The summed E-state index contributed by atoms with van der Waals surface area (Å²) in [6.07, 6.45) is 0.645. The molecule has 0 fully saturated rings. The predicted molar refractivity (Wildman–Crippen MR) is 61.4 cm³/mol. The van der Waals surface area contributed by atoms with Crippen molar-refractivity contribution in [3.8, 4) is 0 Å². The van der Waals surface area contributed by atoms with Crippen LogP contribution in [-0.4, -0.2) is 15.0 Å². The molecule has 5 heteroatoms. The van der Waals surface area contributed by atoms with Gasteiger partial charge in [0.1, 0.15) is 11.0 Å². The van der Waals surface area contributed by atoms with Crippen LogP contribution in [0.4, 0.5) is 0 Å². The first-order valence-electron chi connectivity index (χ1n) is 4.54. The summed E-state index contributed by atoms with van der Waals surface area (Å²) in [5.74, 6) is 0.727. The van der Waals surface area contributed by atoms with Crippen molar-refractivity contribution in [1.82, 2.24) is 15.0 Å². The predicted octanol–water partition coefficient (Wildman–Crippen LogP) is 2.79. The van der Waals surface area contributed by atoms with E-state index >= 15 is 0 Å². The van der Waals surface area contributed by atoms with E-state index in [4.69, 9.17) is 11.6 Å². The van der Waals surface area contributed by atoms with Gasteiger partial charge in [0.25, 0.3) is 0 Å². The van der Waals surface area contributed by atoms with Crippen LogP contribution in [0.1, 0.15) is 22.2 Å². The highest BCUT2D eigenvalue weighted by molar-refractivity contribution is 7.09. The molecule has 3 nitrogen and oxygen atoms in total. The molecule has 78 valence electrons. The van der Waals surface area contributed by atoms with E-state index in [1.165, 1.54) is 0 Å². The Morgan fingerprint density at radius 1 is 1.27 bits per heavy atom. The van der Waals surface area contributed by atoms with Crippen molar-refractivity contribution in [2.45, 2.75) is 20.3 Å². The van der Waals surface area contributed by atoms with E-state index in [9.17, 15) is 0 Å². The van der Waals surface area contributed by atoms with Gasteiger partial charge in [-0.1, -0.05) is 11.6 Å². The average Bonchev–Trinajstić information content (AvgIpc) is 2.49. The van der Waals surface area contributed by atoms with Gasteiger partial charge in [0, 0.05) is 11.1 Å². The number of halogens is 1. The van der Waals surface area contributed by atoms with Gasteiger partial charge < -0.3 is 0 Å². The minimum Gasteiger partial charge on any atom is -0.246 e. The highest BCUT2D eigenvalue weighted by Gasteiger charge is 2.04. The molecule has 0 radical (unpaired) electrons. The zero-order valence-corrected chi connectivity index (χ0v) is 10.1. The van der Waals surface area contributed by atoms with Gasteiger partial charge in [0.2, 0.25) is 0 Å². The van der Waals surface area contributed by atoms with Gasteiger partial charge >= 0.3 is 0 Å². The van der Waals surface area contributed by atoms with Crippen LogP contribution in [0.5, 0.6) is 0 Å². The molecule has 0 aliphatic heterocycles. The first-order valence-corrected chi connectivity index (χ1v) is 5.80. The van der Waals surface area contributed by atoms with Crippen LogP contribution in [0.15, 0.2) is 11.4 Å². The van der Waals surface area contributed by atoms with Crippen molar-refractivity contribution in [3.05, 3.63) is 38.8 Å². The monoisotopic (exact) mass is 239 g/mol. The molecule has 2 heterocycles. The number of thiazole rings is 1. The third-order valence-electron chi connectivity index (χ3n) is 1.88. The van der Waals surface area contributed by atoms with Crippen LogP contribution in [0, 0.1) is 13.8 Å². The molecule has 2 rings (SSSR count). The maximum Gasteiger partial charge on any atom is 0.136 e. The zero-order valence-electron chi connectivity index (χ0n) is 8.49. The summed E-state index contributed by atoms with van der Waals surface area (Å²) in [4.78, 5) is 12.8. The lowest BCUT2D eigenvalue weighted by Crippen LogP contribution is -1.98.